The lowest BCUT2D eigenvalue weighted by molar-refractivity contribution is 0.394. The van der Waals surface area contributed by atoms with Gasteiger partial charge in [0.2, 0.25) is 6.08 Å². The topological polar surface area (TPSA) is 54.1 Å². The van der Waals surface area contributed by atoms with Gasteiger partial charge in [-0.25, -0.2) is 4.79 Å². The molecule has 0 bridgehead atoms. The summed E-state index contributed by atoms with van der Waals surface area (Å²) in [5.74, 6) is 0.478. The number of hydrogen-bond donors (Lipinski definition) is 0. The fourth-order valence-electron chi connectivity index (χ4n) is 1.51. The normalized spacial score (nSPS) is 25.3. The van der Waals surface area contributed by atoms with Gasteiger partial charge in [0.05, 0.1) is 5.70 Å². The Labute approximate surface area is 90.2 Å². The van der Waals surface area contributed by atoms with Crippen molar-refractivity contribution in [2.24, 2.45) is 27.1 Å². The van der Waals surface area contributed by atoms with Crippen LogP contribution in [-0.4, -0.2) is 11.6 Å². The van der Waals surface area contributed by atoms with Gasteiger partial charge in [0.15, 0.2) is 0 Å². The second-order valence-corrected chi connectivity index (χ2v) is 4.59. The molecule has 1 unspecified atom stereocenters. The van der Waals surface area contributed by atoms with Crippen LogP contribution < -0.4 is 0 Å². The third-order valence-electron chi connectivity index (χ3n) is 2.92. The third-order valence-corrected chi connectivity index (χ3v) is 2.92. The zero-order chi connectivity index (χ0) is 11.6. The molecule has 0 saturated heterocycles. The van der Waals surface area contributed by atoms with Crippen LogP contribution in [0.5, 0.6) is 0 Å². The molecule has 82 valence electrons. The summed E-state index contributed by atoms with van der Waals surface area (Å²) >= 11 is 0. The number of azo groups is 1. The first kappa shape index (κ1) is 11.8. The van der Waals surface area contributed by atoms with Gasteiger partial charge in [-0.2, -0.15) is 15.2 Å². The van der Waals surface area contributed by atoms with E-state index in [1.165, 1.54) is 0 Å². The van der Waals surface area contributed by atoms with Gasteiger partial charge >= 0.3 is 0 Å². The number of aliphatic imine (C=N–C) groups is 1. The molecule has 0 aliphatic carbocycles. The van der Waals surface area contributed by atoms with Gasteiger partial charge < -0.3 is 0 Å². The standard InChI is InChI=1S/C11H17N3O/c1-7(2)9-10(12-6-15)11(5,8(3)4)14-13-9/h7-8H,1-5H3. The Balaban J connectivity index is 3.28. The molecule has 0 aromatic carbocycles. The summed E-state index contributed by atoms with van der Waals surface area (Å²) in [5, 5.41) is 8.39. The second kappa shape index (κ2) is 4.07. The van der Waals surface area contributed by atoms with Crippen LogP contribution in [0.25, 0.3) is 0 Å². The van der Waals surface area contributed by atoms with Gasteiger partial charge in [-0.05, 0) is 18.8 Å². The summed E-state index contributed by atoms with van der Waals surface area (Å²) in [6, 6.07) is 0. The number of carbonyl (C=O) groups excluding carboxylic acids is 1. The van der Waals surface area contributed by atoms with Crippen molar-refractivity contribution < 1.29 is 4.79 Å². The van der Waals surface area contributed by atoms with Crippen LogP contribution in [0.4, 0.5) is 0 Å². The molecule has 0 aromatic heterocycles. The largest absolute Gasteiger partial charge is 0.240 e. The zero-order valence-electron chi connectivity index (χ0n) is 9.90. The summed E-state index contributed by atoms with van der Waals surface area (Å²) in [6.45, 7) is 10.1. The number of isocyanates is 1. The van der Waals surface area contributed by atoms with Crippen LogP contribution in [0.2, 0.25) is 0 Å². The van der Waals surface area contributed by atoms with Crippen LogP contribution in [0.15, 0.2) is 26.6 Å². The van der Waals surface area contributed by atoms with Crippen LogP contribution in [0.3, 0.4) is 0 Å². The van der Waals surface area contributed by atoms with Crippen LogP contribution in [0, 0.1) is 11.8 Å². The monoisotopic (exact) mass is 207 g/mol. The first-order valence-corrected chi connectivity index (χ1v) is 5.19. The summed E-state index contributed by atoms with van der Waals surface area (Å²) < 4.78 is 0. The maximum Gasteiger partial charge on any atom is 0.240 e. The molecule has 0 fully saturated rings. The molecule has 4 heteroatoms. The molecule has 0 aromatic rings. The number of rotatable bonds is 3. The predicted octanol–water partition coefficient (Wildman–Crippen LogP) is 3.07. The Morgan fingerprint density at radius 2 is 1.93 bits per heavy atom. The van der Waals surface area contributed by atoms with Crippen molar-refractivity contribution in [3.8, 4) is 0 Å². The predicted molar refractivity (Wildman–Crippen MR) is 58.1 cm³/mol. The smallest absolute Gasteiger partial charge is 0.211 e. The highest BCUT2D eigenvalue weighted by molar-refractivity contribution is 5.42. The lowest BCUT2D eigenvalue weighted by Crippen LogP contribution is -2.29. The molecule has 1 atom stereocenters. The molecule has 4 nitrogen and oxygen atoms in total. The van der Waals surface area contributed by atoms with Gasteiger partial charge in [-0.15, -0.1) is 0 Å². The van der Waals surface area contributed by atoms with E-state index >= 15 is 0 Å². The minimum Gasteiger partial charge on any atom is -0.211 e. The second-order valence-electron chi connectivity index (χ2n) is 4.59. The third kappa shape index (κ3) is 1.90. The van der Waals surface area contributed by atoms with Crippen LogP contribution in [0.1, 0.15) is 34.6 Å². The highest BCUT2D eigenvalue weighted by Crippen LogP contribution is 2.40. The van der Waals surface area contributed by atoms with Crippen molar-refractivity contribution in [1.82, 2.24) is 0 Å². The van der Waals surface area contributed by atoms with E-state index in [-0.39, 0.29) is 11.8 Å². The fourth-order valence-corrected chi connectivity index (χ4v) is 1.51. The minimum absolute atomic E-state index is 0.224. The van der Waals surface area contributed by atoms with Crippen molar-refractivity contribution in [3.63, 3.8) is 0 Å². The first-order valence-electron chi connectivity index (χ1n) is 5.19. The first-order chi connectivity index (χ1) is 6.93. The van der Waals surface area contributed by atoms with E-state index in [9.17, 15) is 4.79 Å². The van der Waals surface area contributed by atoms with Crippen LogP contribution >= 0.6 is 0 Å². The maximum absolute atomic E-state index is 10.4. The van der Waals surface area contributed by atoms with E-state index in [4.69, 9.17) is 0 Å². The SMILES string of the molecule is CC(C)C1=C(N=C=O)C(C)(C(C)C)N=N1. The highest BCUT2D eigenvalue weighted by atomic mass is 16.1. The molecule has 15 heavy (non-hydrogen) atoms. The number of allylic oxidation sites excluding steroid dienone is 1. The Morgan fingerprint density at radius 1 is 1.33 bits per heavy atom. The van der Waals surface area contributed by atoms with Crippen molar-refractivity contribution in [2.75, 3.05) is 0 Å². The quantitative estimate of drug-likeness (QED) is 0.518. The fraction of sp³-hybridized carbons (Fsp3) is 0.727. The molecular weight excluding hydrogens is 190 g/mol. The van der Waals surface area contributed by atoms with Crippen molar-refractivity contribution in [1.29, 1.82) is 0 Å². The van der Waals surface area contributed by atoms with E-state index in [1.807, 2.05) is 34.6 Å². The van der Waals surface area contributed by atoms with E-state index in [2.05, 4.69) is 15.2 Å². The van der Waals surface area contributed by atoms with Gasteiger partial charge in [-0.3, -0.25) is 0 Å². The Hall–Kier alpha value is -1.28. The van der Waals surface area contributed by atoms with Crippen molar-refractivity contribution in [2.45, 2.75) is 40.2 Å². The van der Waals surface area contributed by atoms with E-state index in [0.717, 1.165) is 5.70 Å². The van der Waals surface area contributed by atoms with E-state index < -0.39 is 5.54 Å². The Morgan fingerprint density at radius 3 is 2.33 bits per heavy atom. The molecular formula is C11H17N3O. The van der Waals surface area contributed by atoms with E-state index in [1.54, 1.807) is 6.08 Å². The molecule has 1 aliphatic heterocycles. The average molecular weight is 207 g/mol. The molecule has 0 saturated carbocycles. The number of nitrogens with zero attached hydrogens (tertiary/aromatic N) is 3. The maximum atomic E-state index is 10.4. The zero-order valence-corrected chi connectivity index (χ0v) is 9.90. The Kier molecular flexibility index (Phi) is 3.20. The van der Waals surface area contributed by atoms with Crippen molar-refractivity contribution in [3.05, 3.63) is 11.4 Å². The summed E-state index contributed by atoms with van der Waals surface area (Å²) in [7, 11) is 0. The minimum atomic E-state index is -0.475. The lowest BCUT2D eigenvalue weighted by atomic mass is 9.85. The summed E-state index contributed by atoms with van der Waals surface area (Å²) in [4.78, 5) is 14.2. The molecule has 0 spiro atoms. The van der Waals surface area contributed by atoms with E-state index in [0.29, 0.717) is 5.70 Å². The molecule has 0 N–H and O–H groups in total. The molecule has 0 radical (unpaired) electrons. The lowest BCUT2D eigenvalue weighted by Gasteiger charge is -2.24. The average Bonchev–Trinajstić information content (AvgIpc) is 2.46. The number of hydrogen-bond acceptors (Lipinski definition) is 4. The van der Waals surface area contributed by atoms with Gasteiger partial charge in [0.1, 0.15) is 11.2 Å². The molecule has 1 heterocycles. The molecule has 1 aliphatic rings. The van der Waals surface area contributed by atoms with Crippen molar-refractivity contribution >= 4 is 6.08 Å². The summed E-state index contributed by atoms with van der Waals surface area (Å²) in [6.07, 6.45) is 1.60. The Bertz CT molecular complexity index is 362. The van der Waals surface area contributed by atoms with Gasteiger partial charge in [-0.1, -0.05) is 27.7 Å². The molecule has 0 amide bonds. The van der Waals surface area contributed by atoms with Gasteiger partial charge in [0, 0.05) is 0 Å². The van der Waals surface area contributed by atoms with Gasteiger partial charge in [0.25, 0.3) is 0 Å². The molecule has 1 rings (SSSR count). The van der Waals surface area contributed by atoms with Crippen LogP contribution in [-0.2, 0) is 4.79 Å². The highest BCUT2D eigenvalue weighted by Gasteiger charge is 2.40. The summed E-state index contributed by atoms with van der Waals surface area (Å²) in [5.41, 5.74) is 0.994.